The van der Waals surface area contributed by atoms with Crippen molar-refractivity contribution in [3.63, 3.8) is 0 Å². The van der Waals surface area contributed by atoms with Crippen LogP contribution in [0.3, 0.4) is 0 Å². The van der Waals surface area contributed by atoms with Gasteiger partial charge in [-0.1, -0.05) is 50.2 Å². The van der Waals surface area contributed by atoms with E-state index >= 15 is 0 Å². The van der Waals surface area contributed by atoms with Crippen LogP contribution in [0.15, 0.2) is 102 Å². The molecule has 6 heterocycles. The molecule has 1 aliphatic carbocycles. The number of nitrogens with zero attached hydrogens (tertiary/aromatic N) is 5. The molecule has 76 heavy (non-hydrogen) atoms. The summed E-state index contributed by atoms with van der Waals surface area (Å²) >= 11 is 0. The summed E-state index contributed by atoms with van der Waals surface area (Å²) in [5.41, 5.74) is 5.04. The molecule has 3 saturated heterocycles. The number of nitro groups is 1. The van der Waals surface area contributed by atoms with Gasteiger partial charge in [0.25, 0.3) is 21.6 Å². The van der Waals surface area contributed by atoms with Crippen molar-refractivity contribution in [3.05, 3.63) is 130 Å². The molecule has 0 bridgehead atoms. The minimum absolute atomic E-state index is 0.00586. The molecular formula is C56H64N8O11S. The number of amides is 1. The molecule has 4 aromatic carbocycles. The average molecular weight is 1060 g/mol. The molecule has 1 spiro atoms. The van der Waals surface area contributed by atoms with Crippen molar-refractivity contribution < 1.29 is 46.6 Å². The molecule has 19 nitrogen and oxygen atoms in total. The fourth-order valence-corrected chi connectivity index (χ4v) is 12.9. The van der Waals surface area contributed by atoms with E-state index in [9.17, 15) is 23.3 Å². The number of H-pyrrole nitrogens is 1. The Kier molecular flexibility index (Phi) is 14.5. The number of piperazine rings is 1. The third-order valence-corrected chi connectivity index (χ3v) is 17.1. The second-order valence-electron chi connectivity index (χ2n) is 20.8. The Labute approximate surface area is 442 Å². The summed E-state index contributed by atoms with van der Waals surface area (Å²) < 4.78 is 65.4. The van der Waals surface area contributed by atoms with Crippen LogP contribution in [0.4, 0.5) is 17.1 Å². The normalized spacial score (nSPS) is 20.1. The highest BCUT2D eigenvalue weighted by molar-refractivity contribution is 7.90. The Morgan fingerprint density at radius 2 is 1.72 bits per heavy atom. The largest absolute Gasteiger partial charge is 0.497 e. The number of fused-ring (bicyclic) bond motifs is 2. The van der Waals surface area contributed by atoms with E-state index in [0.29, 0.717) is 36.6 Å². The monoisotopic (exact) mass is 1060 g/mol. The number of pyridine rings is 1. The molecule has 4 aliphatic heterocycles. The van der Waals surface area contributed by atoms with Crippen LogP contribution in [0.2, 0.25) is 0 Å². The molecular weight excluding hydrogens is 993 g/mol. The molecule has 4 fully saturated rings. The number of methoxy groups -OCH3 is 1. The highest BCUT2D eigenvalue weighted by atomic mass is 32.2. The first kappa shape index (κ1) is 51.2. The molecule has 20 heteroatoms. The zero-order valence-electron chi connectivity index (χ0n) is 43.0. The lowest BCUT2D eigenvalue weighted by Gasteiger charge is -2.58. The van der Waals surface area contributed by atoms with E-state index in [1.165, 1.54) is 22.9 Å². The molecule has 400 valence electrons. The van der Waals surface area contributed by atoms with Crippen molar-refractivity contribution in [2.45, 2.75) is 75.1 Å². The Bertz CT molecular complexity index is 3200. The summed E-state index contributed by atoms with van der Waals surface area (Å²) in [5.74, 6) is 0.260. The van der Waals surface area contributed by atoms with Crippen LogP contribution in [-0.2, 0) is 26.0 Å². The summed E-state index contributed by atoms with van der Waals surface area (Å²) in [4.78, 5) is 40.8. The SMILES string of the molecule is COc1ccc(CN2CCN(C3CC4(CCN(c5ccc(C(=O)NS(=O)(=O)c6cc([N+](=O)[O-])c(NC[C@H]7COCCO7)c7c6OCCO7)c(Oc6cnc7[nH]ccc7c6)c5)CC4)C3)[C@H](c3ccccc3C(C)C)C2)cc1. The van der Waals surface area contributed by atoms with Crippen molar-refractivity contribution in [1.29, 1.82) is 0 Å². The second-order valence-corrected chi connectivity index (χ2v) is 22.5. The number of carbonyl (C=O) groups excluding carboxylic acids is 1. The Hall–Kier alpha value is -6.97. The molecule has 5 aliphatic rings. The van der Waals surface area contributed by atoms with Gasteiger partial charge in [-0.25, -0.2) is 18.1 Å². The van der Waals surface area contributed by atoms with Crippen LogP contribution >= 0.6 is 0 Å². The van der Waals surface area contributed by atoms with E-state index in [4.69, 9.17) is 28.4 Å². The van der Waals surface area contributed by atoms with Gasteiger partial charge >= 0.3 is 0 Å². The van der Waals surface area contributed by atoms with Gasteiger partial charge in [0.15, 0.2) is 17.2 Å². The van der Waals surface area contributed by atoms with Gasteiger partial charge in [0.1, 0.15) is 41.0 Å². The van der Waals surface area contributed by atoms with Crippen molar-refractivity contribution in [2.75, 3.05) is 89.6 Å². The molecule has 1 saturated carbocycles. The number of piperidine rings is 1. The van der Waals surface area contributed by atoms with Gasteiger partial charge in [0, 0.05) is 87.3 Å². The number of rotatable bonds is 16. The first-order valence-electron chi connectivity index (χ1n) is 26.1. The number of ether oxygens (including phenoxy) is 6. The van der Waals surface area contributed by atoms with E-state index < -0.39 is 37.5 Å². The molecule has 2 aromatic heterocycles. The molecule has 0 radical (unpaired) electrons. The smallest absolute Gasteiger partial charge is 0.297 e. The quantitative estimate of drug-likeness (QED) is 0.0613. The second kappa shape index (κ2) is 21.6. The number of aromatic amines is 1. The van der Waals surface area contributed by atoms with E-state index in [2.05, 4.69) is 85.0 Å². The topological polar surface area (TPSA) is 212 Å². The highest BCUT2D eigenvalue weighted by Crippen LogP contribution is 2.54. The fourth-order valence-electron chi connectivity index (χ4n) is 11.7. The van der Waals surface area contributed by atoms with E-state index in [1.54, 1.807) is 37.6 Å². The number of anilines is 2. The van der Waals surface area contributed by atoms with Gasteiger partial charge in [-0.2, -0.15) is 0 Å². The highest BCUT2D eigenvalue weighted by Gasteiger charge is 2.50. The summed E-state index contributed by atoms with van der Waals surface area (Å²) in [5, 5.41) is 16.3. The third-order valence-electron chi connectivity index (χ3n) is 15.7. The maximum absolute atomic E-state index is 14.4. The molecule has 6 aromatic rings. The number of benzene rings is 4. The summed E-state index contributed by atoms with van der Waals surface area (Å²) in [6, 6.07) is 27.8. The zero-order valence-corrected chi connectivity index (χ0v) is 43.8. The van der Waals surface area contributed by atoms with Crippen LogP contribution in [0.1, 0.15) is 78.5 Å². The van der Waals surface area contributed by atoms with Crippen LogP contribution < -0.4 is 33.9 Å². The number of nitrogens with one attached hydrogen (secondary N) is 3. The minimum atomic E-state index is -4.84. The van der Waals surface area contributed by atoms with Gasteiger partial charge in [-0.15, -0.1) is 0 Å². The number of hydrogen-bond donors (Lipinski definition) is 3. The van der Waals surface area contributed by atoms with Crippen molar-refractivity contribution >= 4 is 44.0 Å². The predicted octanol–water partition coefficient (Wildman–Crippen LogP) is 8.42. The van der Waals surface area contributed by atoms with Gasteiger partial charge in [-0.3, -0.25) is 24.7 Å². The van der Waals surface area contributed by atoms with E-state index in [0.717, 1.165) is 87.8 Å². The van der Waals surface area contributed by atoms with Crippen molar-refractivity contribution in [3.8, 4) is 28.7 Å². The lowest BCUT2D eigenvalue weighted by atomic mass is 9.59. The van der Waals surface area contributed by atoms with Crippen molar-refractivity contribution in [2.24, 2.45) is 5.41 Å². The fraction of sp³-hybridized carbons (Fsp3) is 0.429. The molecule has 3 N–H and O–H groups in total. The maximum Gasteiger partial charge on any atom is 0.297 e. The number of aromatic nitrogens is 2. The number of hydrogen-bond acceptors (Lipinski definition) is 16. The average Bonchev–Trinajstić information content (AvgIpc) is 3.92. The van der Waals surface area contributed by atoms with Gasteiger partial charge < -0.3 is 43.6 Å². The number of carbonyl (C=O) groups is 1. The summed E-state index contributed by atoms with van der Waals surface area (Å²) in [6.07, 6.45) is 7.13. The van der Waals surface area contributed by atoms with Crippen LogP contribution in [0, 0.1) is 15.5 Å². The van der Waals surface area contributed by atoms with E-state index in [-0.39, 0.29) is 66.3 Å². The van der Waals surface area contributed by atoms with Crippen molar-refractivity contribution in [1.82, 2.24) is 24.5 Å². The molecule has 1 amide bonds. The third kappa shape index (κ3) is 10.6. The van der Waals surface area contributed by atoms with Crippen LogP contribution in [0.5, 0.6) is 28.7 Å². The summed E-state index contributed by atoms with van der Waals surface area (Å²) in [6.45, 7) is 11.1. The van der Waals surface area contributed by atoms with Crippen LogP contribution in [-0.4, -0.2) is 131 Å². The molecule has 2 atom stereocenters. The zero-order chi connectivity index (χ0) is 52.6. The lowest BCUT2D eigenvalue weighted by molar-refractivity contribution is -0.384. The first-order chi connectivity index (χ1) is 36.8. The van der Waals surface area contributed by atoms with E-state index in [1.807, 2.05) is 18.2 Å². The Balaban J connectivity index is 0.810. The van der Waals surface area contributed by atoms with Gasteiger partial charge in [-0.05, 0) is 90.1 Å². The Morgan fingerprint density at radius 1 is 0.934 bits per heavy atom. The standard InChI is InChI=1S/C56H64N8O11S/c1-36(2)44-6-4-5-7-45(44)48-34-61(33-37-8-11-41(70-3)12-9-37)20-21-63(48)40-29-56(30-40)15-18-62(19-16-56)39-10-13-46(49(27-39)75-42-26-38-14-17-57-54(38)59-31-42)55(65)60-76(68,69)50-28-47(64(66)67)51(53-52(50)73-24-25-74-53)58-32-43-35-71-22-23-72-43/h4-14,17,26-28,31,36,40,43,48,58H,15-16,18-25,29-30,32-35H2,1-3H3,(H,57,59)(H,60,65)/t43-,48-/m0/s1. The van der Waals surface area contributed by atoms with Gasteiger partial charge in [0.2, 0.25) is 0 Å². The lowest BCUT2D eigenvalue weighted by Crippen LogP contribution is -2.60. The summed E-state index contributed by atoms with van der Waals surface area (Å²) in [7, 11) is -3.14. The maximum atomic E-state index is 14.4. The molecule has 11 rings (SSSR count). The Morgan fingerprint density at radius 3 is 2.47 bits per heavy atom. The van der Waals surface area contributed by atoms with Crippen LogP contribution in [0.25, 0.3) is 11.0 Å². The predicted molar refractivity (Wildman–Crippen MR) is 286 cm³/mol. The number of nitro benzene ring substituents is 1. The van der Waals surface area contributed by atoms with Gasteiger partial charge in [0.05, 0.1) is 49.7 Å². The first-order valence-corrected chi connectivity index (χ1v) is 27.6. The minimum Gasteiger partial charge on any atom is -0.497 e. The number of sulfonamides is 1. The molecule has 0 unspecified atom stereocenters.